The van der Waals surface area contributed by atoms with Crippen LogP contribution in [0, 0.1) is 12.8 Å². The number of sulfonamides is 1. The summed E-state index contributed by atoms with van der Waals surface area (Å²) in [5.41, 5.74) is 2.88. The number of nitrogens with zero attached hydrogens (tertiary/aromatic N) is 1. The lowest BCUT2D eigenvalue weighted by Gasteiger charge is -2.31. The van der Waals surface area contributed by atoms with Gasteiger partial charge >= 0.3 is 0 Å². The van der Waals surface area contributed by atoms with Crippen molar-refractivity contribution in [1.29, 1.82) is 0 Å². The van der Waals surface area contributed by atoms with Gasteiger partial charge < -0.3 is 10.1 Å². The summed E-state index contributed by atoms with van der Waals surface area (Å²) in [5, 5.41) is 3.35. The molecule has 0 aromatic heterocycles. The van der Waals surface area contributed by atoms with E-state index in [2.05, 4.69) is 5.32 Å². The Bertz CT molecular complexity index is 1040. The predicted molar refractivity (Wildman–Crippen MR) is 119 cm³/mol. The van der Waals surface area contributed by atoms with Crippen molar-refractivity contribution in [3.05, 3.63) is 52.5 Å². The predicted octanol–water partition coefficient (Wildman–Crippen LogP) is 4.26. The number of amides is 1. The van der Waals surface area contributed by atoms with Gasteiger partial charge in [0.1, 0.15) is 10.6 Å². The topological polar surface area (TPSA) is 75.7 Å². The average Bonchev–Trinajstić information content (AvgIpc) is 2.75. The standard InChI is InChI=1S/C22H27ClN2O4S/c1-4-16-8-5-7-15(2)21(16)24-22(26)17-9-6-12-25(14-17)30(27,28)20-13-18(23)10-11-19(20)29-3/h5,7-8,10-11,13,17H,4,6,9,12,14H2,1-3H3,(H,24,26)/t17-/m0/s1. The second-order valence-corrected chi connectivity index (χ2v) is 9.79. The summed E-state index contributed by atoms with van der Waals surface area (Å²) in [6.07, 6.45) is 2.05. The lowest BCUT2D eigenvalue weighted by Crippen LogP contribution is -2.43. The van der Waals surface area contributed by atoms with Crippen LogP contribution < -0.4 is 10.1 Å². The van der Waals surface area contributed by atoms with Crippen molar-refractivity contribution in [2.24, 2.45) is 5.92 Å². The van der Waals surface area contributed by atoms with Gasteiger partial charge in [0.25, 0.3) is 0 Å². The van der Waals surface area contributed by atoms with Crippen LogP contribution in [0.4, 0.5) is 5.69 Å². The minimum atomic E-state index is -3.84. The molecule has 0 unspecified atom stereocenters. The quantitative estimate of drug-likeness (QED) is 0.713. The highest BCUT2D eigenvalue weighted by Crippen LogP contribution is 2.32. The molecule has 3 rings (SSSR count). The number of nitrogens with one attached hydrogen (secondary N) is 1. The third-order valence-electron chi connectivity index (χ3n) is 5.49. The van der Waals surface area contributed by atoms with Gasteiger partial charge in [-0.15, -0.1) is 0 Å². The fourth-order valence-corrected chi connectivity index (χ4v) is 5.74. The lowest BCUT2D eigenvalue weighted by molar-refractivity contribution is -0.120. The van der Waals surface area contributed by atoms with Crippen LogP contribution in [0.25, 0.3) is 0 Å². The number of hydrogen-bond acceptors (Lipinski definition) is 4. The first kappa shape index (κ1) is 22.6. The number of hydrogen-bond donors (Lipinski definition) is 1. The van der Waals surface area contributed by atoms with Gasteiger partial charge in [-0.2, -0.15) is 4.31 Å². The Morgan fingerprint density at radius 2 is 2.07 bits per heavy atom. The number of methoxy groups -OCH3 is 1. The largest absolute Gasteiger partial charge is 0.495 e. The Hall–Kier alpha value is -2.09. The number of carbonyl (C=O) groups is 1. The summed E-state index contributed by atoms with van der Waals surface area (Å²) >= 11 is 6.03. The van der Waals surface area contributed by atoms with Gasteiger partial charge in [-0.1, -0.05) is 36.7 Å². The van der Waals surface area contributed by atoms with E-state index >= 15 is 0 Å². The fraction of sp³-hybridized carbons (Fsp3) is 0.409. The summed E-state index contributed by atoms with van der Waals surface area (Å²) in [5.74, 6) is -0.349. The van der Waals surface area contributed by atoms with Gasteiger partial charge in [0, 0.05) is 23.8 Å². The Morgan fingerprint density at radius 3 is 2.77 bits per heavy atom. The molecular formula is C22H27ClN2O4S. The molecule has 6 nitrogen and oxygen atoms in total. The summed E-state index contributed by atoms with van der Waals surface area (Å²) < 4.78 is 33.1. The van der Waals surface area contributed by atoms with Crippen molar-refractivity contribution in [1.82, 2.24) is 4.31 Å². The molecule has 1 N–H and O–H groups in total. The van der Waals surface area contributed by atoms with Gasteiger partial charge in [-0.05, 0) is 55.5 Å². The molecule has 1 amide bonds. The zero-order valence-corrected chi connectivity index (χ0v) is 19.0. The highest BCUT2D eigenvalue weighted by atomic mass is 35.5. The SMILES string of the molecule is CCc1cccc(C)c1NC(=O)[C@H]1CCCN(S(=O)(=O)c2cc(Cl)ccc2OC)C1. The van der Waals surface area contributed by atoms with Crippen LogP contribution in [0.15, 0.2) is 41.3 Å². The molecule has 0 saturated carbocycles. The second-order valence-electron chi connectivity index (χ2n) is 7.45. The van der Waals surface area contributed by atoms with Gasteiger partial charge in [0.15, 0.2) is 0 Å². The van der Waals surface area contributed by atoms with E-state index in [0.29, 0.717) is 24.4 Å². The highest BCUT2D eigenvalue weighted by Gasteiger charge is 2.35. The summed E-state index contributed by atoms with van der Waals surface area (Å²) in [6, 6.07) is 10.4. The van der Waals surface area contributed by atoms with Crippen molar-refractivity contribution in [3.63, 3.8) is 0 Å². The van der Waals surface area contributed by atoms with Crippen LogP contribution in [0.2, 0.25) is 5.02 Å². The van der Waals surface area contributed by atoms with E-state index in [0.717, 1.165) is 23.2 Å². The van der Waals surface area contributed by atoms with Crippen LogP contribution in [0.3, 0.4) is 0 Å². The molecule has 1 fully saturated rings. The normalized spacial score (nSPS) is 17.5. The summed E-state index contributed by atoms with van der Waals surface area (Å²) in [6.45, 7) is 4.47. The molecule has 30 heavy (non-hydrogen) atoms. The lowest BCUT2D eigenvalue weighted by atomic mass is 9.98. The molecule has 0 spiro atoms. The maximum atomic E-state index is 13.3. The van der Waals surface area contributed by atoms with Crippen molar-refractivity contribution in [3.8, 4) is 5.75 Å². The monoisotopic (exact) mass is 450 g/mol. The molecule has 1 aliphatic heterocycles. The fourth-order valence-electron chi connectivity index (χ4n) is 3.79. The van der Waals surface area contributed by atoms with Crippen LogP contribution in [0.5, 0.6) is 5.75 Å². The molecule has 1 heterocycles. The third-order valence-corrected chi connectivity index (χ3v) is 7.61. The number of benzene rings is 2. The number of ether oxygens (including phenoxy) is 1. The molecule has 162 valence electrons. The Kier molecular flexibility index (Phi) is 7.06. The minimum Gasteiger partial charge on any atom is -0.495 e. The van der Waals surface area contributed by atoms with Crippen LogP contribution in [-0.2, 0) is 21.2 Å². The number of aryl methyl sites for hydroxylation is 2. The van der Waals surface area contributed by atoms with E-state index in [9.17, 15) is 13.2 Å². The first-order valence-corrected chi connectivity index (χ1v) is 11.8. The maximum Gasteiger partial charge on any atom is 0.246 e. The Morgan fingerprint density at radius 1 is 1.30 bits per heavy atom. The molecule has 0 radical (unpaired) electrons. The van der Waals surface area contributed by atoms with Crippen LogP contribution in [0.1, 0.15) is 30.9 Å². The zero-order valence-electron chi connectivity index (χ0n) is 17.4. The van der Waals surface area contributed by atoms with Crippen LogP contribution in [-0.4, -0.2) is 38.8 Å². The Balaban J connectivity index is 1.82. The molecule has 2 aromatic carbocycles. The van der Waals surface area contributed by atoms with Gasteiger partial charge in [-0.3, -0.25) is 4.79 Å². The van der Waals surface area contributed by atoms with Crippen molar-refractivity contribution < 1.29 is 17.9 Å². The van der Waals surface area contributed by atoms with E-state index in [1.165, 1.54) is 23.5 Å². The van der Waals surface area contributed by atoms with E-state index < -0.39 is 15.9 Å². The van der Waals surface area contributed by atoms with Crippen molar-refractivity contribution in [2.45, 2.75) is 38.0 Å². The average molecular weight is 451 g/mol. The first-order valence-electron chi connectivity index (χ1n) is 10.0. The Labute approximate surface area is 183 Å². The number of piperidine rings is 1. The minimum absolute atomic E-state index is 0.0192. The van der Waals surface area contributed by atoms with E-state index in [1.54, 1.807) is 6.07 Å². The summed E-state index contributed by atoms with van der Waals surface area (Å²) in [4.78, 5) is 13.0. The molecule has 8 heteroatoms. The van der Waals surface area contributed by atoms with Crippen molar-refractivity contribution >= 4 is 33.2 Å². The second kappa shape index (κ2) is 9.37. The maximum absolute atomic E-state index is 13.3. The van der Waals surface area contributed by atoms with Crippen molar-refractivity contribution in [2.75, 3.05) is 25.5 Å². The number of para-hydroxylation sites is 1. The molecule has 1 aliphatic rings. The van der Waals surface area contributed by atoms with Gasteiger partial charge in [0.05, 0.1) is 13.0 Å². The molecule has 0 bridgehead atoms. The van der Waals surface area contributed by atoms with Gasteiger partial charge in [-0.25, -0.2) is 8.42 Å². The first-order chi connectivity index (χ1) is 14.3. The summed E-state index contributed by atoms with van der Waals surface area (Å²) in [7, 11) is -2.42. The number of rotatable bonds is 6. The molecule has 0 aliphatic carbocycles. The zero-order chi connectivity index (χ0) is 21.9. The molecular weight excluding hydrogens is 424 g/mol. The van der Waals surface area contributed by atoms with Gasteiger partial charge in [0.2, 0.25) is 15.9 Å². The molecule has 1 atom stereocenters. The third kappa shape index (κ3) is 4.63. The molecule has 1 saturated heterocycles. The van der Waals surface area contributed by atoms with E-state index in [-0.39, 0.29) is 23.1 Å². The number of halogens is 1. The molecule has 2 aromatic rings. The van der Waals surface area contributed by atoms with E-state index in [1.807, 2.05) is 32.0 Å². The van der Waals surface area contributed by atoms with Crippen LogP contribution >= 0.6 is 11.6 Å². The van der Waals surface area contributed by atoms with E-state index in [4.69, 9.17) is 16.3 Å². The smallest absolute Gasteiger partial charge is 0.246 e. The number of carbonyl (C=O) groups excluding carboxylic acids is 1. The number of anilines is 1. The highest BCUT2D eigenvalue weighted by molar-refractivity contribution is 7.89.